The molecule has 0 saturated heterocycles. The van der Waals surface area contributed by atoms with E-state index < -0.39 is 27.1 Å². The molecule has 1 heterocycles. The smallest absolute Gasteiger partial charge is 0.300 e. The molecule has 10 nitrogen and oxygen atoms in total. The van der Waals surface area contributed by atoms with Crippen molar-refractivity contribution in [3.05, 3.63) is 37.9 Å². The van der Waals surface area contributed by atoms with Gasteiger partial charge in [-0.3, -0.25) is 25.0 Å². The fourth-order valence-electron chi connectivity index (χ4n) is 1.66. The monoisotopic (exact) mass is 266 g/mol. The van der Waals surface area contributed by atoms with Crippen molar-refractivity contribution < 1.29 is 19.5 Å². The van der Waals surface area contributed by atoms with Gasteiger partial charge in [-0.15, -0.1) is 0 Å². The van der Waals surface area contributed by atoms with Gasteiger partial charge in [-0.25, -0.2) is 0 Å². The molecule has 1 aromatic carbocycles. The number of hydrogen-bond donors (Lipinski definition) is 1. The van der Waals surface area contributed by atoms with Crippen molar-refractivity contribution >= 4 is 28.7 Å². The van der Waals surface area contributed by atoms with Crippen LogP contribution in [-0.2, 0) is 9.63 Å². The maximum Gasteiger partial charge on any atom is 0.300 e. The van der Waals surface area contributed by atoms with Gasteiger partial charge in [0.05, 0.1) is 15.9 Å². The average Bonchev–Trinajstić information content (AvgIpc) is 2.65. The summed E-state index contributed by atoms with van der Waals surface area (Å²) in [6, 6.07) is 1.80. The Morgan fingerprint density at radius 3 is 2.47 bits per heavy atom. The van der Waals surface area contributed by atoms with Crippen LogP contribution in [0, 0.1) is 20.2 Å². The molecule has 0 spiro atoms. The molecule has 0 fully saturated rings. The Balaban J connectivity index is 2.74. The predicted octanol–water partition coefficient (Wildman–Crippen LogP) is 0.806. The first-order valence-corrected chi connectivity index (χ1v) is 4.85. The van der Waals surface area contributed by atoms with Crippen molar-refractivity contribution in [2.75, 3.05) is 12.4 Å². The van der Waals surface area contributed by atoms with E-state index in [1.165, 1.54) is 7.11 Å². The predicted molar refractivity (Wildman–Crippen MR) is 61.9 cm³/mol. The highest BCUT2D eigenvalue weighted by atomic mass is 16.6. The number of rotatable bonds is 3. The van der Waals surface area contributed by atoms with E-state index in [1.54, 1.807) is 0 Å². The Labute approximate surface area is 105 Å². The second kappa shape index (κ2) is 4.33. The largest absolute Gasteiger partial charge is 0.398 e. The standard InChI is InChI=1S/C9H6N4O6/c1-19-11-8-5-2-4(12(15)16)3-6(13(17)18)7(5)10-9(8)14/h2-3H,1H3,(H,10,11,14). The van der Waals surface area contributed by atoms with Crippen molar-refractivity contribution in [1.29, 1.82) is 0 Å². The van der Waals surface area contributed by atoms with Gasteiger partial charge in [0, 0.05) is 11.6 Å². The van der Waals surface area contributed by atoms with Crippen LogP contribution in [0.1, 0.15) is 5.56 Å². The SMILES string of the molecule is CO/N=C1\C(=O)Nc2c1cc([N+](=O)[O-])cc2[N+](=O)[O-]. The van der Waals surface area contributed by atoms with Gasteiger partial charge >= 0.3 is 0 Å². The zero-order valence-corrected chi connectivity index (χ0v) is 9.45. The number of fused-ring (bicyclic) bond motifs is 1. The first kappa shape index (κ1) is 12.4. The molecule has 1 amide bonds. The lowest BCUT2D eigenvalue weighted by Gasteiger charge is -2.00. The number of anilines is 1. The van der Waals surface area contributed by atoms with Gasteiger partial charge in [-0.2, -0.15) is 0 Å². The van der Waals surface area contributed by atoms with Crippen LogP contribution in [0.15, 0.2) is 17.3 Å². The summed E-state index contributed by atoms with van der Waals surface area (Å²) in [4.78, 5) is 36.0. The summed E-state index contributed by atoms with van der Waals surface area (Å²) in [7, 11) is 1.18. The molecule has 1 aliphatic rings. The second-order valence-corrected chi connectivity index (χ2v) is 3.48. The third kappa shape index (κ3) is 1.94. The number of nitro groups is 2. The Kier molecular flexibility index (Phi) is 2.83. The fraction of sp³-hybridized carbons (Fsp3) is 0.111. The van der Waals surface area contributed by atoms with Crippen LogP contribution in [0.5, 0.6) is 0 Å². The average molecular weight is 266 g/mol. The van der Waals surface area contributed by atoms with Gasteiger partial charge < -0.3 is 10.2 Å². The van der Waals surface area contributed by atoms with Crippen LogP contribution in [0.25, 0.3) is 0 Å². The minimum absolute atomic E-state index is 0.0345. The number of hydrogen-bond acceptors (Lipinski definition) is 7. The number of carbonyl (C=O) groups is 1. The Morgan fingerprint density at radius 2 is 1.95 bits per heavy atom. The maximum atomic E-state index is 11.6. The molecule has 0 atom stereocenters. The van der Waals surface area contributed by atoms with E-state index in [2.05, 4.69) is 15.3 Å². The summed E-state index contributed by atoms with van der Waals surface area (Å²) in [5, 5.41) is 27.2. The number of benzene rings is 1. The number of nitro benzene ring substituents is 2. The third-order valence-electron chi connectivity index (χ3n) is 2.40. The van der Waals surface area contributed by atoms with Gasteiger partial charge in [0.2, 0.25) is 0 Å². The molecule has 0 aliphatic carbocycles. The van der Waals surface area contributed by atoms with Gasteiger partial charge in [0.15, 0.2) is 5.71 Å². The van der Waals surface area contributed by atoms with E-state index in [0.717, 1.165) is 12.1 Å². The molecule has 2 rings (SSSR count). The maximum absolute atomic E-state index is 11.6. The third-order valence-corrected chi connectivity index (χ3v) is 2.40. The van der Waals surface area contributed by atoms with Crippen LogP contribution in [0.4, 0.5) is 17.1 Å². The molecular weight excluding hydrogens is 260 g/mol. The molecule has 10 heteroatoms. The van der Waals surface area contributed by atoms with Crippen molar-refractivity contribution in [3.63, 3.8) is 0 Å². The van der Waals surface area contributed by atoms with E-state index >= 15 is 0 Å². The van der Waals surface area contributed by atoms with Crippen molar-refractivity contribution in [2.24, 2.45) is 5.16 Å². The summed E-state index contributed by atoms with van der Waals surface area (Å²) < 4.78 is 0. The van der Waals surface area contributed by atoms with E-state index in [4.69, 9.17) is 0 Å². The molecule has 1 aliphatic heterocycles. The summed E-state index contributed by atoms with van der Waals surface area (Å²) >= 11 is 0. The van der Waals surface area contributed by atoms with E-state index in [9.17, 15) is 25.0 Å². The van der Waals surface area contributed by atoms with Crippen molar-refractivity contribution in [1.82, 2.24) is 0 Å². The summed E-state index contributed by atoms with van der Waals surface area (Å²) in [6.45, 7) is 0. The lowest BCUT2D eigenvalue weighted by atomic mass is 10.1. The van der Waals surface area contributed by atoms with Crippen LogP contribution in [-0.4, -0.2) is 28.6 Å². The quantitative estimate of drug-likeness (QED) is 0.634. The lowest BCUT2D eigenvalue weighted by molar-refractivity contribution is -0.393. The molecular formula is C9H6N4O6. The number of nitrogens with one attached hydrogen (secondary N) is 1. The molecule has 0 unspecified atom stereocenters. The molecule has 0 bridgehead atoms. The highest BCUT2D eigenvalue weighted by Gasteiger charge is 2.36. The topological polar surface area (TPSA) is 137 Å². The van der Waals surface area contributed by atoms with Crippen molar-refractivity contribution in [2.45, 2.75) is 0 Å². The zero-order valence-electron chi connectivity index (χ0n) is 9.45. The normalized spacial score (nSPS) is 15.0. The number of carbonyl (C=O) groups excluding carboxylic acids is 1. The second-order valence-electron chi connectivity index (χ2n) is 3.48. The number of non-ortho nitro benzene ring substituents is 1. The van der Waals surface area contributed by atoms with Gasteiger partial charge in [-0.05, 0) is 0 Å². The van der Waals surface area contributed by atoms with Crippen LogP contribution in [0.2, 0.25) is 0 Å². The Bertz CT molecular complexity index is 638. The van der Waals surface area contributed by atoms with Crippen molar-refractivity contribution in [3.8, 4) is 0 Å². The van der Waals surface area contributed by atoms with Crippen LogP contribution < -0.4 is 5.32 Å². The number of oxime groups is 1. The van der Waals surface area contributed by atoms with Gasteiger partial charge in [-0.1, -0.05) is 5.16 Å². The molecule has 0 radical (unpaired) electrons. The van der Waals surface area contributed by atoms with Gasteiger partial charge in [0.1, 0.15) is 12.8 Å². The lowest BCUT2D eigenvalue weighted by Crippen LogP contribution is -2.14. The number of amides is 1. The number of nitrogens with zero attached hydrogens (tertiary/aromatic N) is 3. The fourth-order valence-corrected chi connectivity index (χ4v) is 1.66. The first-order chi connectivity index (χ1) is 8.95. The van der Waals surface area contributed by atoms with Crippen LogP contribution in [0.3, 0.4) is 0 Å². The molecule has 19 heavy (non-hydrogen) atoms. The highest BCUT2D eigenvalue weighted by molar-refractivity contribution is 6.54. The van der Waals surface area contributed by atoms with Gasteiger partial charge in [0.25, 0.3) is 17.3 Å². The Hall–Kier alpha value is -3.04. The Morgan fingerprint density at radius 1 is 1.26 bits per heavy atom. The summed E-state index contributed by atoms with van der Waals surface area (Å²) in [6.07, 6.45) is 0. The molecule has 0 aromatic heterocycles. The minimum atomic E-state index is -0.818. The molecule has 0 saturated carbocycles. The highest BCUT2D eigenvalue weighted by Crippen LogP contribution is 2.37. The molecule has 1 aromatic rings. The summed E-state index contributed by atoms with van der Waals surface area (Å²) in [5.41, 5.74) is -1.49. The zero-order chi connectivity index (χ0) is 14.2. The molecule has 98 valence electrons. The van der Waals surface area contributed by atoms with Crippen LogP contribution >= 0.6 is 0 Å². The van der Waals surface area contributed by atoms with E-state index in [1.807, 2.05) is 0 Å². The minimum Gasteiger partial charge on any atom is -0.398 e. The first-order valence-electron chi connectivity index (χ1n) is 4.85. The summed E-state index contributed by atoms with van der Waals surface area (Å²) in [5.74, 6) is -0.722. The van der Waals surface area contributed by atoms with E-state index in [-0.39, 0.29) is 17.0 Å². The molecule has 1 N–H and O–H groups in total. The van der Waals surface area contributed by atoms with E-state index in [0.29, 0.717) is 0 Å².